The molecule has 0 aliphatic carbocycles. The van der Waals surface area contributed by atoms with Crippen LogP contribution in [-0.4, -0.2) is 12.1 Å². The Bertz CT molecular complexity index is 1000. The molecule has 0 bridgehead atoms. The Hall–Kier alpha value is -3.18. The van der Waals surface area contributed by atoms with Crippen LogP contribution in [-0.2, 0) is 6.61 Å². The van der Waals surface area contributed by atoms with Gasteiger partial charge in [-0.3, -0.25) is 4.79 Å². The van der Waals surface area contributed by atoms with Crippen molar-refractivity contribution in [1.29, 1.82) is 0 Å². The van der Waals surface area contributed by atoms with Gasteiger partial charge >= 0.3 is 0 Å². The molecule has 1 N–H and O–H groups in total. The predicted octanol–water partition coefficient (Wildman–Crippen LogP) is 5.13. The van der Waals surface area contributed by atoms with Crippen LogP contribution in [0.5, 0.6) is 5.75 Å². The van der Waals surface area contributed by atoms with Gasteiger partial charge in [-0.15, -0.1) is 0 Å². The van der Waals surface area contributed by atoms with E-state index in [0.29, 0.717) is 16.3 Å². The molecule has 0 aliphatic rings. The van der Waals surface area contributed by atoms with Crippen LogP contribution in [0.15, 0.2) is 71.8 Å². The monoisotopic (exact) mass is 396 g/mol. The van der Waals surface area contributed by atoms with E-state index in [1.807, 2.05) is 6.92 Å². The molecular weight excluding hydrogens is 379 g/mol. The Morgan fingerprint density at radius 3 is 2.64 bits per heavy atom. The molecule has 6 heteroatoms. The van der Waals surface area contributed by atoms with Crippen molar-refractivity contribution in [3.05, 3.63) is 99.8 Å². The third-order valence-electron chi connectivity index (χ3n) is 3.99. The van der Waals surface area contributed by atoms with E-state index in [1.54, 1.807) is 54.6 Å². The molecule has 3 aromatic carbocycles. The molecule has 0 aliphatic heterocycles. The number of aryl methyl sites for hydroxylation is 1. The lowest BCUT2D eigenvalue weighted by molar-refractivity contribution is 0.0955. The van der Waals surface area contributed by atoms with Crippen molar-refractivity contribution in [2.75, 3.05) is 0 Å². The van der Waals surface area contributed by atoms with E-state index in [0.717, 1.165) is 16.7 Å². The van der Waals surface area contributed by atoms with Crippen LogP contribution in [0.3, 0.4) is 0 Å². The van der Waals surface area contributed by atoms with E-state index in [9.17, 15) is 9.18 Å². The Balaban J connectivity index is 1.53. The van der Waals surface area contributed by atoms with E-state index in [4.69, 9.17) is 16.3 Å². The third-order valence-corrected chi connectivity index (χ3v) is 4.40. The van der Waals surface area contributed by atoms with Crippen molar-refractivity contribution in [1.82, 2.24) is 5.43 Å². The second-order valence-corrected chi connectivity index (χ2v) is 6.56. The molecule has 3 aromatic rings. The number of hydrogen-bond acceptors (Lipinski definition) is 3. The molecule has 3 rings (SSSR count). The van der Waals surface area contributed by atoms with Crippen LogP contribution in [0.4, 0.5) is 4.39 Å². The summed E-state index contributed by atoms with van der Waals surface area (Å²) in [4.78, 5) is 12.1. The van der Waals surface area contributed by atoms with Gasteiger partial charge < -0.3 is 4.74 Å². The quantitative estimate of drug-likeness (QED) is 0.464. The van der Waals surface area contributed by atoms with Gasteiger partial charge in [0.05, 0.1) is 6.21 Å². The average Bonchev–Trinajstić information content (AvgIpc) is 2.69. The largest absolute Gasteiger partial charge is 0.489 e. The molecule has 1 amide bonds. The number of hydrazone groups is 1. The Morgan fingerprint density at radius 2 is 1.93 bits per heavy atom. The second-order valence-electron chi connectivity index (χ2n) is 6.15. The van der Waals surface area contributed by atoms with Gasteiger partial charge in [-0.2, -0.15) is 5.10 Å². The maximum Gasteiger partial charge on any atom is 0.271 e. The number of halogens is 2. The predicted molar refractivity (Wildman–Crippen MR) is 108 cm³/mol. The molecule has 4 nitrogen and oxygen atoms in total. The van der Waals surface area contributed by atoms with Crippen LogP contribution in [0.2, 0.25) is 5.02 Å². The molecule has 142 valence electrons. The lowest BCUT2D eigenvalue weighted by Gasteiger charge is -2.06. The van der Waals surface area contributed by atoms with Crippen molar-refractivity contribution >= 4 is 23.7 Å². The summed E-state index contributed by atoms with van der Waals surface area (Å²) < 4.78 is 18.8. The molecule has 0 unspecified atom stereocenters. The third kappa shape index (κ3) is 5.41. The van der Waals surface area contributed by atoms with Crippen molar-refractivity contribution < 1.29 is 13.9 Å². The molecule has 0 heterocycles. The molecule has 0 spiro atoms. The van der Waals surface area contributed by atoms with Crippen LogP contribution >= 0.6 is 11.6 Å². The summed E-state index contributed by atoms with van der Waals surface area (Å²) in [5.74, 6) is 0.0237. The normalized spacial score (nSPS) is 10.8. The van der Waals surface area contributed by atoms with Gasteiger partial charge in [0, 0.05) is 10.6 Å². The summed E-state index contributed by atoms with van der Waals surface area (Å²) in [5.41, 5.74) is 5.35. The molecule has 28 heavy (non-hydrogen) atoms. The van der Waals surface area contributed by atoms with Gasteiger partial charge in [-0.25, -0.2) is 9.82 Å². The maximum absolute atomic E-state index is 13.2. The lowest BCUT2D eigenvalue weighted by Crippen LogP contribution is -2.17. The smallest absolute Gasteiger partial charge is 0.271 e. The Morgan fingerprint density at radius 1 is 1.14 bits per heavy atom. The second kappa shape index (κ2) is 9.15. The zero-order valence-corrected chi connectivity index (χ0v) is 15.9. The van der Waals surface area contributed by atoms with Crippen LogP contribution in [0.25, 0.3) is 0 Å². The van der Waals surface area contributed by atoms with Gasteiger partial charge in [0.1, 0.15) is 18.2 Å². The number of hydrogen-bond donors (Lipinski definition) is 1. The average molecular weight is 397 g/mol. The highest BCUT2D eigenvalue weighted by Crippen LogP contribution is 2.17. The van der Waals surface area contributed by atoms with Crippen LogP contribution in [0, 0.1) is 12.7 Å². The first kappa shape index (κ1) is 19.6. The molecule has 0 saturated heterocycles. The number of benzene rings is 3. The summed E-state index contributed by atoms with van der Waals surface area (Å²) in [6.07, 6.45) is 1.53. The van der Waals surface area contributed by atoms with Gasteiger partial charge in [-0.1, -0.05) is 29.8 Å². The van der Waals surface area contributed by atoms with Crippen LogP contribution in [0.1, 0.15) is 27.0 Å². The minimum atomic E-state index is -0.340. The van der Waals surface area contributed by atoms with Crippen molar-refractivity contribution in [2.45, 2.75) is 13.5 Å². The first-order chi connectivity index (χ1) is 13.5. The van der Waals surface area contributed by atoms with E-state index in [2.05, 4.69) is 10.5 Å². The van der Waals surface area contributed by atoms with E-state index in [1.165, 1.54) is 18.3 Å². The fraction of sp³-hybridized carbons (Fsp3) is 0.0909. The summed E-state index contributed by atoms with van der Waals surface area (Å²) in [6, 6.07) is 18.5. The minimum Gasteiger partial charge on any atom is -0.489 e. The first-order valence-corrected chi connectivity index (χ1v) is 8.96. The zero-order chi connectivity index (χ0) is 19.9. The summed E-state index contributed by atoms with van der Waals surface area (Å²) >= 11 is 6.03. The molecule has 0 radical (unpaired) electrons. The van der Waals surface area contributed by atoms with Gasteiger partial charge in [0.15, 0.2) is 0 Å². The van der Waals surface area contributed by atoms with E-state index >= 15 is 0 Å². The number of carbonyl (C=O) groups excluding carboxylic acids is 1. The fourth-order valence-corrected chi connectivity index (χ4v) is 2.59. The number of ether oxygens (including phenoxy) is 1. The van der Waals surface area contributed by atoms with Crippen molar-refractivity contribution in [3.8, 4) is 5.75 Å². The number of carbonyl (C=O) groups is 1. The standard InChI is InChI=1S/C22H18ClFN2O2/c1-15-5-8-18(12-21(15)23)22(27)26-25-13-16-6-9-20(10-7-16)28-14-17-3-2-4-19(24)11-17/h2-13H,14H2,1H3,(H,26,27)/b25-13-. The molecule has 0 saturated carbocycles. The summed E-state index contributed by atoms with van der Waals surface area (Å²) in [7, 11) is 0. The Labute approximate surface area is 167 Å². The highest BCUT2D eigenvalue weighted by atomic mass is 35.5. The van der Waals surface area contributed by atoms with Crippen molar-refractivity contribution in [3.63, 3.8) is 0 Å². The van der Waals surface area contributed by atoms with Crippen LogP contribution < -0.4 is 10.2 Å². The van der Waals surface area contributed by atoms with Gasteiger partial charge in [0.25, 0.3) is 5.91 Å². The maximum atomic E-state index is 13.2. The SMILES string of the molecule is Cc1ccc(C(=O)N/N=C\c2ccc(OCc3cccc(F)c3)cc2)cc1Cl. The van der Waals surface area contributed by atoms with Gasteiger partial charge in [0.2, 0.25) is 0 Å². The highest BCUT2D eigenvalue weighted by molar-refractivity contribution is 6.31. The molecule has 0 atom stereocenters. The summed E-state index contributed by atoms with van der Waals surface area (Å²) in [5, 5.41) is 4.49. The number of nitrogens with one attached hydrogen (secondary N) is 1. The molecular formula is C22H18ClFN2O2. The lowest BCUT2D eigenvalue weighted by atomic mass is 10.1. The summed E-state index contributed by atoms with van der Waals surface area (Å²) in [6.45, 7) is 2.15. The number of nitrogens with zero attached hydrogens (tertiary/aromatic N) is 1. The van der Waals surface area contributed by atoms with E-state index < -0.39 is 0 Å². The van der Waals surface area contributed by atoms with Gasteiger partial charge in [-0.05, 0) is 72.1 Å². The molecule has 0 aromatic heterocycles. The Kier molecular flexibility index (Phi) is 6.40. The topological polar surface area (TPSA) is 50.7 Å². The molecule has 0 fully saturated rings. The highest BCUT2D eigenvalue weighted by Gasteiger charge is 2.06. The number of rotatable bonds is 6. The first-order valence-electron chi connectivity index (χ1n) is 8.58. The fourth-order valence-electron chi connectivity index (χ4n) is 2.41. The number of amides is 1. The van der Waals surface area contributed by atoms with Crippen molar-refractivity contribution in [2.24, 2.45) is 5.10 Å². The van der Waals surface area contributed by atoms with E-state index in [-0.39, 0.29) is 18.3 Å². The zero-order valence-electron chi connectivity index (χ0n) is 15.2. The minimum absolute atomic E-state index is 0.278.